The van der Waals surface area contributed by atoms with Gasteiger partial charge in [0.15, 0.2) is 0 Å². The van der Waals surface area contributed by atoms with Crippen LogP contribution >= 0.6 is 0 Å². The van der Waals surface area contributed by atoms with Crippen LogP contribution in [0.15, 0.2) is 206 Å². The van der Waals surface area contributed by atoms with E-state index in [0.29, 0.717) is 0 Å². The van der Waals surface area contributed by atoms with Crippen molar-refractivity contribution in [2.24, 2.45) is 0 Å². The summed E-state index contributed by atoms with van der Waals surface area (Å²) in [6.45, 7) is 13.8. The van der Waals surface area contributed by atoms with Crippen molar-refractivity contribution in [3.8, 4) is 33.4 Å². The van der Waals surface area contributed by atoms with Gasteiger partial charge in [0.25, 0.3) is 0 Å². The number of anilines is 6. The standard InChI is InChI=1S/C64H52N2/c1-41-23-29-44(30-24-41)65(47-35-37-51-49-15-11-13-21-57(49)63(3,4)59(51)39-47)45-33-27-43(28-34-45)61-53-17-7-9-19-55(53)62(56-20-10-8-18-54(56)61)66(46-31-25-42(2)26-32-46)48-36-38-52-50-16-12-14-22-58(50)64(5,6)60(52)40-48/h7-40H,1-6H3. The van der Waals surface area contributed by atoms with Gasteiger partial charge >= 0.3 is 0 Å². The maximum absolute atomic E-state index is 2.51. The highest BCUT2D eigenvalue weighted by atomic mass is 15.1. The third-order valence-corrected chi connectivity index (χ3v) is 14.8. The number of nitrogens with zero attached hydrogens (tertiary/aromatic N) is 2. The van der Waals surface area contributed by atoms with Gasteiger partial charge < -0.3 is 9.80 Å². The van der Waals surface area contributed by atoms with Gasteiger partial charge in [0, 0.05) is 50.0 Å². The molecule has 12 rings (SSSR count). The second kappa shape index (κ2) is 14.9. The first-order valence-electron chi connectivity index (χ1n) is 23.3. The lowest BCUT2D eigenvalue weighted by molar-refractivity contribution is 0.660. The van der Waals surface area contributed by atoms with Crippen LogP contribution in [-0.2, 0) is 10.8 Å². The molecular formula is C64H52N2. The summed E-state index contributed by atoms with van der Waals surface area (Å²) >= 11 is 0. The SMILES string of the molecule is Cc1ccc(N(c2ccc(-c3c4ccccc4c(N(c4ccc(C)cc4)c4ccc5c(c4)C(C)(C)c4ccccc4-5)c4ccccc34)cc2)c2ccc3c(c2)C(C)(C)c2ccccc2-3)cc1. The minimum Gasteiger partial charge on any atom is -0.310 e. The largest absolute Gasteiger partial charge is 0.310 e. The predicted molar refractivity (Wildman–Crippen MR) is 281 cm³/mol. The first-order chi connectivity index (χ1) is 32.1. The summed E-state index contributed by atoms with van der Waals surface area (Å²) in [5, 5.41) is 4.87. The third-order valence-electron chi connectivity index (χ3n) is 14.8. The summed E-state index contributed by atoms with van der Waals surface area (Å²) in [7, 11) is 0. The van der Waals surface area contributed by atoms with E-state index in [4.69, 9.17) is 0 Å². The minimum atomic E-state index is -0.126. The van der Waals surface area contributed by atoms with Gasteiger partial charge in [-0.2, -0.15) is 0 Å². The van der Waals surface area contributed by atoms with Crippen LogP contribution in [-0.4, -0.2) is 0 Å². The van der Waals surface area contributed by atoms with Crippen LogP contribution in [0.5, 0.6) is 0 Å². The Bertz CT molecular complexity index is 3480. The molecule has 0 fully saturated rings. The molecule has 0 bridgehead atoms. The molecule has 0 N–H and O–H groups in total. The summed E-state index contributed by atoms with van der Waals surface area (Å²) in [6, 6.07) is 77.2. The van der Waals surface area contributed by atoms with Crippen molar-refractivity contribution in [1.82, 2.24) is 0 Å². The maximum Gasteiger partial charge on any atom is 0.0618 e. The average Bonchev–Trinajstić information content (AvgIpc) is 3.72. The van der Waals surface area contributed by atoms with Gasteiger partial charge in [0.1, 0.15) is 0 Å². The van der Waals surface area contributed by atoms with Crippen LogP contribution in [0.2, 0.25) is 0 Å². The van der Waals surface area contributed by atoms with Gasteiger partial charge in [-0.15, -0.1) is 0 Å². The summed E-state index contributed by atoms with van der Waals surface area (Å²) in [6.07, 6.45) is 0. The fraction of sp³-hybridized carbons (Fsp3) is 0.125. The van der Waals surface area contributed by atoms with Crippen LogP contribution < -0.4 is 9.80 Å². The molecule has 318 valence electrons. The topological polar surface area (TPSA) is 6.48 Å². The molecule has 0 saturated heterocycles. The molecule has 66 heavy (non-hydrogen) atoms. The monoisotopic (exact) mass is 848 g/mol. The normalized spacial score (nSPS) is 13.8. The lowest BCUT2D eigenvalue weighted by Gasteiger charge is -2.31. The van der Waals surface area contributed by atoms with Gasteiger partial charge in [0.05, 0.1) is 5.69 Å². The number of hydrogen-bond acceptors (Lipinski definition) is 2. The molecule has 10 aromatic rings. The smallest absolute Gasteiger partial charge is 0.0618 e. The average molecular weight is 849 g/mol. The van der Waals surface area contributed by atoms with Gasteiger partial charge in [0.2, 0.25) is 0 Å². The molecule has 0 saturated carbocycles. The van der Waals surface area contributed by atoms with E-state index in [-0.39, 0.29) is 10.8 Å². The zero-order valence-electron chi connectivity index (χ0n) is 38.5. The van der Waals surface area contributed by atoms with E-state index in [1.54, 1.807) is 0 Å². The van der Waals surface area contributed by atoms with E-state index in [2.05, 4.69) is 258 Å². The van der Waals surface area contributed by atoms with Gasteiger partial charge in [-0.3, -0.25) is 0 Å². The molecule has 0 aromatic heterocycles. The Kier molecular flexibility index (Phi) is 9.03. The molecule has 0 aliphatic heterocycles. The van der Waals surface area contributed by atoms with E-state index in [1.165, 1.54) is 94.0 Å². The molecule has 0 heterocycles. The molecule has 2 aliphatic rings. The summed E-state index contributed by atoms with van der Waals surface area (Å²) < 4.78 is 0. The van der Waals surface area contributed by atoms with Crippen LogP contribution in [0.1, 0.15) is 61.1 Å². The molecule has 10 aromatic carbocycles. The molecule has 0 atom stereocenters. The van der Waals surface area contributed by atoms with Crippen molar-refractivity contribution in [3.63, 3.8) is 0 Å². The number of fused-ring (bicyclic) bond motifs is 8. The van der Waals surface area contributed by atoms with E-state index in [1.807, 2.05) is 0 Å². The summed E-state index contributed by atoms with van der Waals surface area (Å²) in [4.78, 5) is 4.92. The minimum absolute atomic E-state index is 0.100. The zero-order chi connectivity index (χ0) is 44.9. The Morgan fingerprint density at radius 2 is 0.652 bits per heavy atom. The van der Waals surface area contributed by atoms with E-state index < -0.39 is 0 Å². The molecule has 0 amide bonds. The Morgan fingerprint density at radius 1 is 0.303 bits per heavy atom. The highest BCUT2D eigenvalue weighted by Gasteiger charge is 2.37. The summed E-state index contributed by atoms with van der Waals surface area (Å²) in [5.41, 5.74) is 22.4. The van der Waals surface area contributed by atoms with Crippen LogP contribution in [0.4, 0.5) is 34.1 Å². The first-order valence-corrected chi connectivity index (χ1v) is 23.3. The van der Waals surface area contributed by atoms with Crippen molar-refractivity contribution >= 4 is 55.7 Å². The van der Waals surface area contributed by atoms with E-state index in [9.17, 15) is 0 Å². The Labute approximate surface area is 389 Å². The van der Waals surface area contributed by atoms with E-state index in [0.717, 1.165) is 28.4 Å². The number of rotatable bonds is 7. The lowest BCUT2D eigenvalue weighted by atomic mass is 9.82. The predicted octanol–water partition coefficient (Wildman–Crippen LogP) is 17.8. The van der Waals surface area contributed by atoms with Crippen LogP contribution in [0.3, 0.4) is 0 Å². The van der Waals surface area contributed by atoms with E-state index >= 15 is 0 Å². The number of benzene rings is 10. The maximum atomic E-state index is 2.51. The summed E-state index contributed by atoms with van der Waals surface area (Å²) in [5.74, 6) is 0. The lowest BCUT2D eigenvalue weighted by Crippen LogP contribution is -2.17. The van der Waals surface area contributed by atoms with Crippen LogP contribution in [0.25, 0.3) is 54.9 Å². The molecular weight excluding hydrogens is 797 g/mol. The van der Waals surface area contributed by atoms with Crippen LogP contribution in [0, 0.1) is 13.8 Å². The highest BCUT2D eigenvalue weighted by molar-refractivity contribution is 6.22. The molecule has 2 aliphatic carbocycles. The quantitative estimate of drug-likeness (QED) is 0.147. The fourth-order valence-corrected chi connectivity index (χ4v) is 11.3. The Balaban J connectivity index is 1.02. The molecule has 2 heteroatoms. The molecule has 0 unspecified atom stereocenters. The van der Waals surface area contributed by atoms with Crippen molar-refractivity contribution in [3.05, 3.63) is 240 Å². The zero-order valence-corrected chi connectivity index (χ0v) is 38.5. The molecule has 2 nitrogen and oxygen atoms in total. The van der Waals surface area contributed by atoms with Gasteiger partial charge in [-0.25, -0.2) is 0 Å². The van der Waals surface area contributed by atoms with Gasteiger partial charge in [-0.1, -0.05) is 184 Å². The third kappa shape index (κ3) is 6.08. The number of aryl methyl sites for hydroxylation is 2. The molecule has 0 spiro atoms. The highest BCUT2D eigenvalue weighted by Crippen LogP contribution is 2.54. The second-order valence-electron chi connectivity index (χ2n) is 19.5. The first kappa shape index (κ1) is 39.9. The van der Waals surface area contributed by atoms with Gasteiger partial charge in [-0.05, 0) is 141 Å². The second-order valence-corrected chi connectivity index (χ2v) is 19.5. The number of hydrogen-bond donors (Lipinski definition) is 0. The Morgan fingerprint density at radius 3 is 1.12 bits per heavy atom. The van der Waals surface area contributed by atoms with Crippen molar-refractivity contribution in [2.75, 3.05) is 9.80 Å². The van der Waals surface area contributed by atoms with Crippen molar-refractivity contribution in [1.29, 1.82) is 0 Å². The van der Waals surface area contributed by atoms with Crippen molar-refractivity contribution < 1.29 is 0 Å². The fourth-order valence-electron chi connectivity index (χ4n) is 11.3. The van der Waals surface area contributed by atoms with Crippen molar-refractivity contribution in [2.45, 2.75) is 52.4 Å². The Hall–Kier alpha value is -7.68. The molecule has 0 radical (unpaired) electrons.